The van der Waals surface area contributed by atoms with Crippen LogP contribution in [0.2, 0.25) is 0 Å². The van der Waals surface area contributed by atoms with Crippen molar-refractivity contribution in [3.8, 4) is 5.75 Å². The summed E-state index contributed by atoms with van der Waals surface area (Å²) in [6.07, 6.45) is 0. The van der Waals surface area contributed by atoms with E-state index in [1.54, 1.807) is 31.4 Å². The molecule has 0 saturated heterocycles. The number of methoxy groups -OCH3 is 1. The smallest absolute Gasteiger partial charge is 0.497 e. The molecule has 0 aromatic heterocycles. The second-order valence-corrected chi connectivity index (χ2v) is 3.10. The van der Waals surface area contributed by atoms with Crippen LogP contribution in [0.1, 0.15) is 5.56 Å². The van der Waals surface area contributed by atoms with Gasteiger partial charge in [-0.3, -0.25) is 0 Å². The monoisotopic (exact) mass is 201 g/mol. The summed E-state index contributed by atoms with van der Waals surface area (Å²) >= 11 is 0. The minimum atomic E-state index is -2.53. The second kappa shape index (κ2) is 4.92. The van der Waals surface area contributed by atoms with E-state index in [0.29, 0.717) is 5.75 Å². The van der Waals surface area contributed by atoms with E-state index in [-0.39, 0.29) is 6.61 Å². The largest absolute Gasteiger partial charge is 0.695 e. The van der Waals surface area contributed by atoms with E-state index in [1.807, 2.05) is 0 Å². The number of ether oxygens (including phenoxy) is 1. The van der Waals surface area contributed by atoms with Gasteiger partial charge in [0.2, 0.25) is 0 Å². The number of hydrogen-bond donors (Lipinski definition) is 1. The van der Waals surface area contributed by atoms with Gasteiger partial charge < -0.3 is 4.74 Å². The number of hydrogen-bond acceptors (Lipinski definition) is 3. The van der Waals surface area contributed by atoms with Crippen molar-refractivity contribution in [2.75, 3.05) is 7.11 Å². The van der Waals surface area contributed by atoms with Gasteiger partial charge >= 0.3 is 8.25 Å². The molecule has 1 aromatic carbocycles. The van der Waals surface area contributed by atoms with Crippen LogP contribution >= 0.6 is 8.25 Å². The highest BCUT2D eigenvalue weighted by Crippen LogP contribution is 2.20. The highest BCUT2D eigenvalue weighted by molar-refractivity contribution is 7.32. The molecular formula is C8H10O4P+. The normalized spacial score (nSPS) is 11.1. The van der Waals surface area contributed by atoms with Crippen LogP contribution in [-0.4, -0.2) is 12.0 Å². The van der Waals surface area contributed by atoms with Crippen LogP contribution in [-0.2, 0) is 15.7 Å². The van der Waals surface area contributed by atoms with Crippen molar-refractivity contribution >= 4 is 8.25 Å². The summed E-state index contributed by atoms with van der Waals surface area (Å²) in [5.74, 6) is 0.703. The van der Waals surface area contributed by atoms with Gasteiger partial charge in [0.15, 0.2) is 0 Å². The van der Waals surface area contributed by atoms with E-state index in [9.17, 15) is 4.57 Å². The maximum Gasteiger partial charge on any atom is 0.695 e. The maximum absolute atomic E-state index is 10.2. The number of benzene rings is 1. The SMILES string of the molecule is COc1cccc(CO[P+](=O)O)c1. The van der Waals surface area contributed by atoms with E-state index in [1.165, 1.54) is 0 Å². The predicted molar refractivity (Wildman–Crippen MR) is 47.6 cm³/mol. The lowest BCUT2D eigenvalue weighted by Gasteiger charge is -2.00. The van der Waals surface area contributed by atoms with E-state index >= 15 is 0 Å². The molecule has 1 aromatic rings. The number of rotatable bonds is 4. The van der Waals surface area contributed by atoms with Gasteiger partial charge in [0, 0.05) is 4.57 Å². The van der Waals surface area contributed by atoms with E-state index < -0.39 is 8.25 Å². The molecule has 0 saturated carbocycles. The third kappa shape index (κ3) is 3.51. The molecule has 1 rings (SSSR count). The lowest BCUT2D eigenvalue weighted by molar-refractivity contribution is 0.272. The molecule has 0 bridgehead atoms. The molecule has 0 fully saturated rings. The van der Waals surface area contributed by atoms with Gasteiger partial charge in [-0.25, -0.2) is 0 Å². The van der Waals surface area contributed by atoms with Crippen LogP contribution in [0.5, 0.6) is 5.75 Å². The Balaban J connectivity index is 2.61. The fourth-order valence-corrected chi connectivity index (χ4v) is 1.15. The third-order valence-electron chi connectivity index (χ3n) is 1.48. The average molecular weight is 201 g/mol. The van der Waals surface area contributed by atoms with Crippen molar-refractivity contribution in [1.82, 2.24) is 0 Å². The molecule has 1 unspecified atom stereocenters. The highest BCUT2D eigenvalue weighted by Gasteiger charge is 2.11. The summed E-state index contributed by atoms with van der Waals surface area (Å²) in [6, 6.07) is 7.13. The van der Waals surface area contributed by atoms with Crippen LogP contribution in [0.4, 0.5) is 0 Å². The molecule has 0 amide bonds. The molecular weight excluding hydrogens is 191 g/mol. The summed E-state index contributed by atoms with van der Waals surface area (Å²) in [7, 11) is -0.967. The van der Waals surface area contributed by atoms with Gasteiger partial charge in [-0.2, -0.15) is 0 Å². The van der Waals surface area contributed by atoms with Gasteiger partial charge in [0.1, 0.15) is 12.4 Å². The molecule has 0 aliphatic rings. The van der Waals surface area contributed by atoms with Crippen LogP contribution in [0.25, 0.3) is 0 Å². The van der Waals surface area contributed by atoms with Crippen LogP contribution in [0, 0.1) is 0 Å². The Kier molecular flexibility index (Phi) is 3.83. The van der Waals surface area contributed by atoms with E-state index in [0.717, 1.165) is 5.56 Å². The highest BCUT2D eigenvalue weighted by atomic mass is 31.1. The minimum absolute atomic E-state index is 0.114. The molecule has 70 valence electrons. The van der Waals surface area contributed by atoms with Crippen LogP contribution in [0.15, 0.2) is 24.3 Å². The lowest BCUT2D eigenvalue weighted by atomic mass is 10.2. The Morgan fingerprint density at radius 3 is 2.92 bits per heavy atom. The Labute approximate surface area is 77.1 Å². The van der Waals surface area contributed by atoms with Crippen molar-refractivity contribution in [1.29, 1.82) is 0 Å². The zero-order valence-electron chi connectivity index (χ0n) is 7.14. The molecule has 1 atom stereocenters. The van der Waals surface area contributed by atoms with Gasteiger partial charge in [-0.15, -0.1) is 9.42 Å². The molecule has 0 aliphatic carbocycles. The fourth-order valence-electron chi connectivity index (χ4n) is 0.892. The first-order valence-corrected chi connectivity index (χ1v) is 4.77. The lowest BCUT2D eigenvalue weighted by Crippen LogP contribution is -1.88. The molecule has 0 spiro atoms. The summed E-state index contributed by atoms with van der Waals surface area (Å²) in [4.78, 5) is 8.40. The van der Waals surface area contributed by atoms with E-state index in [4.69, 9.17) is 9.63 Å². The molecule has 0 radical (unpaired) electrons. The van der Waals surface area contributed by atoms with Gasteiger partial charge in [0.05, 0.1) is 7.11 Å². The molecule has 4 nitrogen and oxygen atoms in total. The molecule has 1 N–H and O–H groups in total. The summed E-state index contributed by atoms with van der Waals surface area (Å²) in [5, 5.41) is 0. The van der Waals surface area contributed by atoms with Gasteiger partial charge in [-0.05, 0) is 17.7 Å². The van der Waals surface area contributed by atoms with Crippen molar-refractivity contribution in [3.63, 3.8) is 0 Å². The topological polar surface area (TPSA) is 55.8 Å². The second-order valence-electron chi connectivity index (χ2n) is 2.36. The van der Waals surface area contributed by atoms with E-state index in [2.05, 4.69) is 4.52 Å². The first-order chi connectivity index (χ1) is 6.22. The Morgan fingerprint density at radius 2 is 2.31 bits per heavy atom. The van der Waals surface area contributed by atoms with Crippen molar-refractivity contribution in [2.24, 2.45) is 0 Å². The summed E-state index contributed by atoms with van der Waals surface area (Å²) < 4.78 is 19.7. The first-order valence-electron chi connectivity index (χ1n) is 3.64. The first kappa shape index (κ1) is 10.1. The standard InChI is InChI=1S/C8H9O4P/c1-11-8-4-2-3-7(5-8)6-12-13(9)10/h2-5H,6H2,1H3/p+1. The van der Waals surface area contributed by atoms with Crippen LogP contribution in [0.3, 0.4) is 0 Å². The maximum atomic E-state index is 10.2. The molecule has 0 heterocycles. The Hall–Kier alpha value is -0.960. The van der Waals surface area contributed by atoms with Crippen molar-refractivity contribution in [2.45, 2.75) is 6.61 Å². The average Bonchev–Trinajstić information content (AvgIpc) is 2.15. The quantitative estimate of drug-likeness (QED) is 0.755. The molecule has 0 aliphatic heterocycles. The van der Waals surface area contributed by atoms with Gasteiger partial charge in [-0.1, -0.05) is 12.1 Å². The predicted octanol–water partition coefficient (Wildman–Crippen LogP) is 1.86. The van der Waals surface area contributed by atoms with Crippen LogP contribution < -0.4 is 4.74 Å². The summed E-state index contributed by atoms with van der Waals surface area (Å²) in [6.45, 7) is 0.114. The Bertz CT molecular complexity index is 300. The third-order valence-corrected chi connectivity index (χ3v) is 1.83. The van der Waals surface area contributed by atoms with Gasteiger partial charge in [0.25, 0.3) is 0 Å². The molecule has 13 heavy (non-hydrogen) atoms. The van der Waals surface area contributed by atoms with Crippen molar-refractivity contribution in [3.05, 3.63) is 29.8 Å². The minimum Gasteiger partial charge on any atom is -0.497 e. The van der Waals surface area contributed by atoms with Crippen molar-refractivity contribution < 1.29 is 18.7 Å². The molecule has 5 heteroatoms. The Morgan fingerprint density at radius 1 is 1.54 bits per heavy atom. The zero-order chi connectivity index (χ0) is 9.68. The zero-order valence-corrected chi connectivity index (χ0v) is 8.03. The fraction of sp³-hybridized carbons (Fsp3) is 0.250. The summed E-state index contributed by atoms with van der Waals surface area (Å²) in [5.41, 5.74) is 0.803.